The quantitative estimate of drug-likeness (QED) is 0.346. The van der Waals surface area contributed by atoms with Gasteiger partial charge in [0.1, 0.15) is 0 Å². The summed E-state index contributed by atoms with van der Waals surface area (Å²) in [7, 11) is 0. The summed E-state index contributed by atoms with van der Waals surface area (Å²) < 4.78 is 0. The first kappa shape index (κ1) is 8.08. The minimum atomic E-state index is -0.646. The maximum absolute atomic E-state index is 10.3. The fourth-order valence-corrected chi connectivity index (χ4v) is 1.90. The molecule has 2 aliphatic rings. The minimum absolute atomic E-state index is 0.489. The van der Waals surface area contributed by atoms with Crippen molar-refractivity contribution < 1.29 is 4.79 Å². The van der Waals surface area contributed by atoms with E-state index in [1.165, 1.54) is 12.0 Å². The Bertz CT molecular complexity index is 326. The van der Waals surface area contributed by atoms with Gasteiger partial charge in [0.05, 0.1) is 0 Å². The van der Waals surface area contributed by atoms with Gasteiger partial charge in [0.2, 0.25) is 0 Å². The van der Waals surface area contributed by atoms with Crippen LogP contribution in [0.5, 0.6) is 0 Å². The molecule has 1 saturated carbocycles. The number of urea groups is 1. The van der Waals surface area contributed by atoms with E-state index < -0.39 is 6.03 Å². The molecular weight excluding hydrogens is 166 g/mol. The van der Waals surface area contributed by atoms with E-state index in [0.717, 1.165) is 6.42 Å². The number of carbonyl (C=O) groups excluding carboxylic acids is 1. The van der Waals surface area contributed by atoms with Gasteiger partial charge in [-0.05, 0) is 18.8 Å². The molecule has 2 unspecified atom stereocenters. The normalized spacial score (nSPS) is 28.8. The monoisotopic (exact) mass is 177 g/mol. The van der Waals surface area contributed by atoms with Crippen molar-refractivity contribution in [3.05, 3.63) is 17.7 Å². The van der Waals surface area contributed by atoms with Crippen molar-refractivity contribution in [2.75, 3.05) is 0 Å². The van der Waals surface area contributed by atoms with Crippen LogP contribution in [-0.2, 0) is 0 Å². The van der Waals surface area contributed by atoms with Crippen molar-refractivity contribution in [1.29, 1.82) is 0 Å². The van der Waals surface area contributed by atoms with Gasteiger partial charge >= 0.3 is 6.03 Å². The van der Waals surface area contributed by atoms with Crippen LogP contribution in [0.25, 0.3) is 0 Å². The molecule has 13 heavy (non-hydrogen) atoms. The fraction of sp³-hybridized carbons (Fsp3) is 0.444. The van der Waals surface area contributed by atoms with Crippen molar-refractivity contribution in [3.63, 3.8) is 0 Å². The van der Waals surface area contributed by atoms with Crippen LogP contribution >= 0.6 is 0 Å². The first-order valence-corrected chi connectivity index (χ1v) is 4.31. The topological polar surface area (TPSA) is 67.5 Å². The summed E-state index contributed by atoms with van der Waals surface area (Å²) in [6.45, 7) is 0. The Labute approximate surface area is 76.2 Å². The summed E-state index contributed by atoms with van der Waals surface area (Å²) >= 11 is 0. The third-order valence-electron chi connectivity index (χ3n) is 2.47. The van der Waals surface area contributed by atoms with Gasteiger partial charge in [0, 0.05) is 17.4 Å². The number of primary amides is 1. The molecule has 1 fully saturated rings. The molecule has 2 atom stereocenters. The Kier molecular flexibility index (Phi) is 1.91. The zero-order valence-electron chi connectivity index (χ0n) is 7.16. The number of hydrogen-bond acceptors (Lipinski definition) is 2. The van der Waals surface area contributed by atoms with Crippen molar-refractivity contribution in [2.24, 2.45) is 22.7 Å². The summed E-state index contributed by atoms with van der Waals surface area (Å²) in [4.78, 5) is 10.3. The van der Waals surface area contributed by atoms with Gasteiger partial charge in [-0.2, -0.15) is 0 Å². The molecule has 0 aromatic carbocycles. The molecule has 2 amide bonds. The Morgan fingerprint density at radius 2 is 2.54 bits per heavy atom. The van der Waals surface area contributed by atoms with Gasteiger partial charge < -0.3 is 5.73 Å². The molecule has 0 heterocycles. The Morgan fingerprint density at radius 1 is 1.69 bits per heavy atom. The van der Waals surface area contributed by atoms with E-state index in [4.69, 9.17) is 5.73 Å². The summed E-state index contributed by atoms with van der Waals surface area (Å²) in [6.07, 6.45) is 6.60. The van der Waals surface area contributed by atoms with E-state index in [9.17, 15) is 4.79 Å². The van der Waals surface area contributed by atoms with Crippen LogP contribution in [0.4, 0.5) is 4.79 Å². The van der Waals surface area contributed by atoms with Gasteiger partial charge in [-0.25, -0.2) is 10.2 Å². The zero-order valence-corrected chi connectivity index (χ0v) is 7.16. The number of hydrogen-bond donors (Lipinski definition) is 2. The maximum Gasteiger partial charge on any atom is 0.333 e. The Hall–Kier alpha value is -1.54. The smallest absolute Gasteiger partial charge is 0.333 e. The average Bonchev–Trinajstić information content (AvgIpc) is 2.64. The van der Waals surface area contributed by atoms with Crippen LogP contribution in [0.1, 0.15) is 12.8 Å². The minimum Gasteiger partial charge on any atom is -0.350 e. The van der Waals surface area contributed by atoms with E-state index in [-0.39, 0.29) is 0 Å². The van der Waals surface area contributed by atoms with Crippen LogP contribution in [0.2, 0.25) is 0 Å². The lowest BCUT2D eigenvalue weighted by molar-refractivity contribution is 0.249. The summed E-state index contributed by atoms with van der Waals surface area (Å²) in [5.41, 5.74) is 8.15. The molecule has 0 aliphatic heterocycles. The number of fused-ring (bicyclic) bond motifs is 2. The largest absolute Gasteiger partial charge is 0.350 e. The predicted octanol–water partition coefficient (Wildman–Crippen LogP) is 0.762. The molecule has 0 saturated heterocycles. The van der Waals surface area contributed by atoms with Crippen LogP contribution < -0.4 is 11.2 Å². The lowest BCUT2D eigenvalue weighted by atomic mass is 10.0. The number of allylic oxidation sites excluding steroid dienone is 3. The van der Waals surface area contributed by atoms with E-state index in [2.05, 4.69) is 28.5 Å². The van der Waals surface area contributed by atoms with Crippen molar-refractivity contribution in [1.82, 2.24) is 5.43 Å². The molecule has 0 radical (unpaired) electrons. The van der Waals surface area contributed by atoms with E-state index in [0.29, 0.717) is 11.8 Å². The third-order valence-corrected chi connectivity index (χ3v) is 2.47. The van der Waals surface area contributed by atoms with E-state index in [1.807, 2.05) is 0 Å². The molecule has 2 rings (SSSR count). The highest BCUT2D eigenvalue weighted by molar-refractivity contribution is 5.72. The highest BCUT2D eigenvalue weighted by Gasteiger charge is 2.30. The third kappa shape index (κ3) is 1.63. The standard InChI is InChI=1S/C9H11N3O/c10-9(13)12-11-5-8-4-6-1-2-7(8)3-6/h1-2,6-7H,3-4H2,(H3,10,12,13). The molecule has 2 bridgehead atoms. The SMILES string of the molecule is NC(=O)NN=C=C1CC2C=CC1C2. The molecule has 0 aromatic rings. The van der Waals surface area contributed by atoms with Crippen molar-refractivity contribution in [2.45, 2.75) is 12.8 Å². The second kappa shape index (κ2) is 3.07. The molecular formula is C9H11N3O. The van der Waals surface area contributed by atoms with Crippen molar-refractivity contribution >= 4 is 11.9 Å². The van der Waals surface area contributed by atoms with Crippen LogP contribution in [0, 0.1) is 11.8 Å². The maximum atomic E-state index is 10.3. The molecule has 0 spiro atoms. The first-order valence-electron chi connectivity index (χ1n) is 4.31. The summed E-state index contributed by atoms with van der Waals surface area (Å²) in [5, 5.41) is 3.63. The highest BCUT2D eigenvalue weighted by Crippen LogP contribution is 2.41. The van der Waals surface area contributed by atoms with Gasteiger partial charge in [0.25, 0.3) is 0 Å². The fourth-order valence-electron chi connectivity index (χ4n) is 1.90. The highest BCUT2D eigenvalue weighted by atomic mass is 16.2. The Morgan fingerprint density at radius 3 is 3.08 bits per heavy atom. The number of amides is 2. The molecule has 68 valence electrons. The van der Waals surface area contributed by atoms with Gasteiger partial charge in [-0.1, -0.05) is 12.2 Å². The lowest BCUT2D eigenvalue weighted by Crippen LogP contribution is -2.24. The summed E-state index contributed by atoms with van der Waals surface area (Å²) in [6, 6.07) is -0.646. The van der Waals surface area contributed by atoms with Gasteiger partial charge in [0.15, 0.2) is 0 Å². The van der Waals surface area contributed by atoms with Gasteiger partial charge in [-0.3, -0.25) is 0 Å². The predicted molar refractivity (Wildman–Crippen MR) is 49.0 cm³/mol. The van der Waals surface area contributed by atoms with Crippen LogP contribution in [-0.4, -0.2) is 11.9 Å². The lowest BCUT2D eigenvalue weighted by Gasteiger charge is -2.02. The Balaban J connectivity index is 2.06. The molecule has 4 nitrogen and oxygen atoms in total. The zero-order chi connectivity index (χ0) is 9.26. The summed E-state index contributed by atoms with van der Waals surface area (Å²) in [5.74, 6) is 3.98. The first-order chi connectivity index (χ1) is 6.25. The number of rotatable bonds is 1. The van der Waals surface area contributed by atoms with Gasteiger partial charge in [-0.15, -0.1) is 5.10 Å². The number of nitrogens with zero attached hydrogens (tertiary/aromatic N) is 1. The van der Waals surface area contributed by atoms with Crippen LogP contribution in [0.15, 0.2) is 22.8 Å². The van der Waals surface area contributed by atoms with Crippen LogP contribution in [0.3, 0.4) is 0 Å². The number of nitrogens with two attached hydrogens (primary N) is 1. The van der Waals surface area contributed by atoms with E-state index in [1.54, 1.807) is 0 Å². The average molecular weight is 177 g/mol. The second-order valence-electron chi connectivity index (χ2n) is 3.42. The molecule has 3 N–H and O–H groups in total. The number of hydrazone groups is 1. The van der Waals surface area contributed by atoms with Crippen molar-refractivity contribution in [3.8, 4) is 0 Å². The number of nitrogens with one attached hydrogen (secondary N) is 1. The second-order valence-corrected chi connectivity index (χ2v) is 3.42. The van der Waals surface area contributed by atoms with E-state index >= 15 is 0 Å². The molecule has 2 aliphatic carbocycles. The molecule has 4 heteroatoms. The number of carbonyl (C=O) groups is 1. The molecule has 0 aromatic heterocycles.